The molecule has 0 saturated heterocycles. The van der Waals surface area contributed by atoms with Gasteiger partial charge in [-0.15, -0.1) is 0 Å². The lowest BCUT2D eigenvalue weighted by molar-refractivity contribution is 1.18. The first-order valence-electron chi connectivity index (χ1n) is 3.67. The molecule has 0 radical (unpaired) electrons. The smallest absolute Gasteiger partial charge is 0.0669 e. The van der Waals surface area contributed by atoms with Gasteiger partial charge in [-0.2, -0.15) is 5.26 Å². The molecule has 0 bridgehead atoms. The fourth-order valence-electron chi connectivity index (χ4n) is 1.09. The third-order valence-electron chi connectivity index (χ3n) is 1.99. The second-order valence-corrected chi connectivity index (χ2v) is 2.69. The van der Waals surface area contributed by atoms with Crippen molar-refractivity contribution in [3.63, 3.8) is 0 Å². The molecule has 1 nitrogen and oxygen atoms in total. The summed E-state index contributed by atoms with van der Waals surface area (Å²) in [4.78, 5) is 0. The molecule has 11 heavy (non-hydrogen) atoms. The van der Waals surface area contributed by atoms with Crippen molar-refractivity contribution in [2.45, 2.75) is 20.3 Å². The van der Waals surface area contributed by atoms with Gasteiger partial charge in [0.1, 0.15) is 0 Å². The molecule has 0 fully saturated rings. The Morgan fingerprint density at radius 1 is 1.36 bits per heavy atom. The number of rotatable bonds is 1. The van der Waals surface area contributed by atoms with Crippen molar-refractivity contribution in [2.24, 2.45) is 0 Å². The van der Waals surface area contributed by atoms with E-state index < -0.39 is 0 Å². The maximum atomic E-state index is 8.49. The van der Waals surface area contributed by atoms with Crippen LogP contribution in [0.3, 0.4) is 0 Å². The molecule has 1 aromatic carbocycles. The highest BCUT2D eigenvalue weighted by Gasteiger charge is 1.97. The predicted molar refractivity (Wildman–Crippen MR) is 45.2 cm³/mol. The van der Waals surface area contributed by atoms with E-state index in [1.54, 1.807) is 0 Å². The Bertz CT molecular complexity index is 294. The van der Waals surface area contributed by atoms with Gasteiger partial charge in [-0.1, -0.05) is 18.2 Å². The van der Waals surface area contributed by atoms with E-state index >= 15 is 0 Å². The van der Waals surface area contributed by atoms with Crippen LogP contribution in [0.25, 0.3) is 0 Å². The molecular weight excluding hydrogens is 134 g/mol. The molecule has 0 amide bonds. The second-order valence-electron chi connectivity index (χ2n) is 2.69. The van der Waals surface area contributed by atoms with Crippen LogP contribution in [-0.4, -0.2) is 0 Å². The number of nitrogens with zero attached hydrogens (tertiary/aromatic N) is 1. The van der Waals surface area contributed by atoms with Gasteiger partial charge in [0.2, 0.25) is 0 Å². The van der Waals surface area contributed by atoms with E-state index in [1.807, 2.05) is 12.1 Å². The Hall–Kier alpha value is -1.29. The minimum Gasteiger partial charge on any atom is -0.198 e. The van der Waals surface area contributed by atoms with E-state index in [9.17, 15) is 0 Å². The normalized spacial score (nSPS) is 9.18. The molecule has 0 aromatic heterocycles. The van der Waals surface area contributed by atoms with Crippen molar-refractivity contribution in [1.82, 2.24) is 0 Å². The summed E-state index contributed by atoms with van der Waals surface area (Å²) in [6.45, 7) is 4.12. The van der Waals surface area contributed by atoms with E-state index in [2.05, 4.69) is 26.0 Å². The molecule has 1 aromatic rings. The molecule has 56 valence electrons. The van der Waals surface area contributed by atoms with Crippen LogP contribution in [0, 0.1) is 25.2 Å². The lowest BCUT2D eigenvalue weighted by atomic mass is 10.0. The first-order valence-corrected chi connectivity index (χ1v) is 3.67. The van der Waals surface area contributed by atoms with Gasteiger partial charge in [0.25, 0.3) is 0 Å². The third kappa shape index (κ3) is 1.59. The molecule has 0 heterocycles. The summed E-state index contributed by atoms with van der Waals surface area (Å²) in [6.07, 6.45) is 0.521. The number of nitriles is 1. The molecule has 1 rings (SSSR count). The highest BCUT2D eigenvalue weighted by Crippen LogP contribution is 2.12. The molecule has 0 atom stereocenters. The van der Waals surface area contributed by atoms with Gasteiger partial charge >= 0.3 is 0 Å². The summed E-state index contributed by atoms with van der Waals surface area (Å²) < 4.78 is 0. The summed E-state index contributed by atoms with van der Waals surface area (Å²) >= 11 is 0. The zero-order chi connectivity index (χ0) is 8.27. The molecule has 0 spiro atoms. The minimum absolute atomic E-state index is 0.521. The molecule has 0 unspecified atom stereocenters. The quantitative estimate of drug-likeness (QED) is 0.595. The van der Waals surface area contributed by atoms with E-state index in [-0.39, 0.29) is 0 Å². The monoisotopic (exact) mass is 145 g/mol. The van der Waals surface area contributed by atoms with E-state index in [4.69, 9.17) is 5.26 Å². The van der Waals surface area contributed by atoms with Crippen LogP contribution in [0.5, 0.6) is 0 Å². The fourth-order valence-corrected chi connectivity index (χ4v) is 1.09. The van der Waals surface area contributed by atoms with Crippen molar-refractivity contribution in [3.05, 3.63) is 34.9 Å². The summed E-state index contributed by atoms with van der Waals surface area (Å²) in [7, 11) is 0. The Morgan fingerprint density at radius 3 is 2.73 bits per heavy atom. The summed E-state index contributed by atoms with van der Waals surface area (Å²) in [6, 6.07) is 8.22. The lowest BCUT2D eigenvalue weighted by Crippen LogP contribution is -1.89. The summed E-state index contributed by atoms with van der Waals surface area (Å²) in [5, 5.41) is 8.49. The molecule has 0 aliphatic rings. The van der Waals surface area contributed by atoms with Gasteiger partial charge < -0.3 is 0 Å². The Balaban J connectivity index is 3.08. The Morgan fingerprint density at radius 2 is 2.09 bits per heavy atom. The highest BCUT2D eigenvalue weighted by molar-refractivity contribution is 5.34. The molecule has 0 aliphatic carbocycles. The van der Waals surface area contributed by atoms with Gasteiger partial charge in [0.15, 0.2) is 0 Å². The first-order chi connectivity index (χ1) is 5.25. The van der Waals surface area contributed by atoms with E-state index in [0.717, 1.165) is 5.56 Å². The highest BCUT2D eigenvalue weighted by atomic mass is 14.2. The van der Waals surface area contributed by atoms with Crippen LogP contribution < -0.4 is 0 Å². The zero-order valence-electron chi connectivity index (χ0n) is 6.89. The van der Waals surface area contributed by atoms with E-state index in [1.165, 1.54) is 11.1 Å². The van der Waals surface area contributed by atoms with Crippen LogP contribution in [-0.2, 0) is 6.42 Å². The second kappa shape index (κ2) is 3.21. The number of benzene rings is 1. The summed E-state index contributed by atoms with van der Waals surface area (Å²) in [5.74, 6) is 0. The minimum atomic E-state index is 0.521. The Labute approximate surface area is 67.3 Å². The number of hydrogen-bond acceptors (Lipinski definition) is 1. The van der Waals surface area contributed by atoms with Gasteiger partial charge in [0, 0.05) is 0 Å². The van der Waals surface area contributed by atoms with Gasteiger partial charge in [0.05, 0.1) is 12.5 Å². The molecule has 0 N–H and O–H groups in total. The van der Waals surface area contributed by atoms with Gasteiger partial charge in [-0.3, -0.25) is 0 Å². The fraction of sp³-hybridized carbons (Fsp3) is 0.300. The Kier molecular flexibility index (Phi) is 2.28. The van der Waals surface area contributed by atoms with Crippen molar-refractivity contribution in [3.8, 4) is 6.07 Å². The maximum Gasteiger partial charge on any atom is 0.0669 e. The standard InChI is InChI=1S/C10H11N/c1-8-4-3-5-10(6-7-11)9(8)2/h3-5H,6H2,1-2H3. The first kappa shape index (κ1) is 7.81. The van der Waals surface area contributed by atoms with Crippen molar-refractivity contribution >= 4 is 0 Å². The van der Waals surface area contributed by atoms with Crippen LogP contribution in [0.15, 0.2) is 18.2 Å². The largest absolute Gasteiger partial charge is 0.198 e. The number of aryl methyl sites for hydroxylation is 1. The topological polar surface area (TPSA) is 23.8 Å². The molecular formula is C10H11N. The SMILES string of the molecule is Cc1cccc(CC#N)c1C. The lowest BCUT2D eigenvalue weighted by Gasteiger charge is -2.03. The third-order valence-corrected chi connectivity index (χ3v) is 1.99. The number of hydrogen-bond donors (Lipinski definition) is 0. The molecule has 1 heteroatoms. The maximum absolute atomic E-state index is 8.49. The van der Waals surface area contributed by atoms with Crippen molar-refractivity contribution < 1.29 is 0 Å². The average Bonchev–Trinajstić information content (AvgIpc) is 1.99. The summed E-state index contributed by atoms with van der Waals surface area (Å²) in [5.41, 5.74) is 3.65. The zero-order valence-corrected chi connectivity index (χ0v) is 6.89. The van der Waals surface area contributed by atoms with Crippen molar-refractivity contribution in [1.29, 1.82) is 5.26 Å². The van der Waals surface area contributed by atoms with Crippen LogP contribution in [0.2, 0.25) is 0 Å². The van der Waals surface area contributed by atoms with Gasteiger partial charge in [-0.25, -0.2) is 0 Å². The van der Waals surface area contributed by atoms with Crippen LogP contribution >= 0.6 is 0 Å². The predicted octanol–water partition coefficient (Wildman–Crippen LogP) is 2.37. The average molecular weight is 145 g/mol. The molecule has 0 saturated carbocycles. The van der Waals surface area contributed by atoms with E-state index in [0.29, 0.717) is 6.42 Å². The van der Waals surface area contributed by atoms with Crippen molar-refractivity contribution in [2.75, 3.05) is 0 Å². The van der Waals surface area contributed by atoms with Crippen LogP contribution in [0.1, 0.15) is 16.7 Å². The molecule has 0 aliphatic heterocycles. The van der Waals surface area contributed by atoms with Crippen LogP contribution in [0.4, 0.5) is 0 Å². The van der Waals surface area contributed by atoms with Gasteiger partial charge in [-0.05, 0) is 30.5 Å².